The number of carboxylic acid groups (broad SMARTS) is 1. The van der Waals surface area contributed by atoms with Crippen molar-refractivity contribution in [2.24, 2.45) is 5.92 Å². The smallest absolute Gasteiger partial charge is 0.335 e. The average Bonchev–Trinajstić information content (AvgIpc) is 3.19. The molecule has 0 saturated heterocycles. The van der Waals surface area contributed by atoms with Gasteiger partial charge in [-0.3, -0.25) is 20.2 Å². The van der Waals surface area contributed by atoms with Crippen molar-refractivity contribution in [3.05, 3.63) is 104 Å². The summed E-state index contributed by atoms with van der Waals surface area (Å²) >= 11 is 8.37. The van der Waals surface area contributed by atoms with E-state index >= 15 is 0 Å². The van der Waals surface area contributed by atoms with Crippen LogP contribution in [0.25, 0.3) is 0 Å². The summed E-state index contributed by atoms with van der Waals surface area (Å²) in [6, 6.07) is 17.3. The molecule has 3 aromatic rings. The number of alkyl halides is 1. The molecule has 1 saturated carbocycles. The molecule has 1 fully saturated rings. The molecule has 0 radical (unpaired) electrons. The third kappa shape index (κ3) is 4.16. The number of nitro benzene ring substituents is 2. The average molecular weight is 526 g/mol. The van der Waals surface area contributed by atoms with Gasteiger partial charge in [0.2, 0.25) is 0 Å². The fourth-order valence-electron chi connectivity index (χ4n) is 5.34. The molecule has 3 aromatic carbocycles. The number of aromatic carboxylic acids is 1. The van der Waals surface area contributed by atoms with Crippen LogP contribution < -0.4 is 5.32 Å². The number of nitrogens with one attached hydrogen (secondary N) is 1. The first-order valence-corrected chi connectivity index (χ1v) is 12.5. The lowest BCUT2D eigenvalue weighted by Gasteiger charge is -2.38. The first-order chi connectivity index (χ1) is 17.3. The lowest BCUT2D eigenvalue weighted by atomic mass is 9.76. The lowest BCUT2D eigenvalue weighted by Crippen LogP contribution is -2.31. The molecule has 11 heteroatoms. The van der Waals surface area contributed by atoms with Crippen molar-refractivity contribution in [1.29, 1.82) is 0 Å². The molecule has 0 amide bonds. The van der Waals surface area contributed by atoms with E-state index in [1.165, 1.54) is 30.0 Å². The fourth-order valence-corrected chi connectivity index (χ4v) is 7.29. The van der Waals surface area contributed by atoms with E-state index in [0.717, 1.165) is 5.56 Å². The van der Waals surface area contributed by atoms with Crippen molar-refractivity contribution in [3.8, 4) is 0 Å². The number of anilines is 1. The van der Waals surface area contributed by atoms with E-state index in [0.29, 0.717) is 22.6 Å². The summed E-state index contributed by atoms with van der Waals surface area (Å²) in [6.07, 6.45) is 0.524. The van der Waals surface area contributed by atoms with Crippen LogP contribution in [-0.4, -0.2) is 31.5 Å². The van der Waals surface area contributed by atoms with Gasteiger partial charge in [-0.25, -0.2) is 4.79 Å². The summed E-state index contributed by atoms with van der Waals surface area (Å²) < 4.78 is 0. The highest BCUT2D eigenvalue weighted by molar-refractivity contribution is 8.00. The second-order valence-electron chi connectivity index (χ2n) is 8.80. The van der Waals surface area contributed by atoms with E-state index in [1.54, 1.807) is 48.5 Å². The number of para-hydroxylation sites is 2. The minimum Gasteiger partial charge on any atom is -0.478 e. The predicted molar refractivity (Wildman–Crippen MR) is 136 cm³/mol. The standard InChI is InChI=1S/C25H20ClN3O6S/c26-23-21(36-20-8-4-3-7-19(20)29(34)35)12-16-22(23)15-11-13(25(30)31)9-10-17(15)27-24(16)14-5-1-2-6-18(14)28(32)33/h1-11,16,21-24,27H,12H2,(H,30,31)/t16-,21-,22+,23-,24+/m0/s1. The van der Waals surface area contributed by atoms with Gasteiger partial charge in [0.15, 0.2) is 0 Å². The number of halogens is 1. The first kappa shape index (κ1) is 24.1. The van der Waals surface area contributed by atoms with Gasteiger partial charge in [-0.1, -0.05) is 30.3 Å². The number of rotatable bonds is 6. The molecule has 1 aliphatic heterocycles. The van der Waals surface area contributed by atoms with Gasteiger partial charge in [0.25, 0.3) is 11.4 Å². The van der Waals surface area contributed by atoms with Gasteiger partial charge in [-0.2, -0.15) is 0 Å². The van der Waals surface area contributed by atoms with Crippen LogP contribution in [-0.2, 0) is 0 Å². The Hall–Kier alpha value is -3.63. The molecule has 2 N–H and O–H groups in total. The van der Waals surface area contributed by atoms with Crippen LogP contribution in [0.15, 0.2) is 71.6 Å². The number of carbonyl (C=O) groups is 1. The third-order valence-corrected chi connectivity index (χ3v) is 8.98. The van der Waals surface area contributed by atoms with Gasteiger partial charge >= 0.3 is 5.97 Å². The summed E-state index contributed by atoms with van der Waals surface area (Å²) in [5.74, 6) is -1.58. The van der Waals surface area contributed by atoms with Crippen molar-refractivity contribution < 1.29 is 19.7 Å². The number of fused-ring (bicyclic) bond motifs is 3. The second kappa shape index (κ2) is 9.44. The van der Waals surface area contributed by atoms with Gasteiger partial charge in [0.05, 0.1) is 37.3 Å². The van der Waals surface area contributed by atoms with Crippen molar-refractivity contribution >= 4 is 46.4 Å². The number of hydrogen-bond donors (Lipinski definition) is 2. The number of nitro groups is 2. The Bertz CT molecular complexity index is 1390. The fraction of sp³-hybridized carbons (Fsp3) is 0.240. The van der Waals surface area contributed by atoms with Crippen molar-refractivity contribution in [2.75, 3.05) is 5.32 Å². The highest BCUT2D eigenvalue weighted by Gasteiger charge is 2.51. The third-order valence-electron chi connectivity index (χ3n) is 6.87. The van der Waals surface area contributed by atoms with E-state index in [-0.39, 0.29) is 34.0 Å². The van der Waals surface area contributed by atoms with Gasteiger partial charge in [-0.15, -0.1) is 23.4 Å². The largest absolute Gasteiger partial charge is 0.478 e. The summed E-state index contributed by atoms with van der Waals surface area (Å²) in [5.41, 5.74) is 2.03. The molecule has 0 aromatic heterocycles. The second-order valence-corrected chi connectivity index (χ2v) is 10.6. The number of carboxylic acids is 1. The lowest BCUT2D eigenvalue weighted by molar-refractivity contribution is -0.387. The molecule has 0 bridgehead atoms. The van der Waals surface area contributed by atoms with Crippen LogP contribution in [0.1, 0.15) is 39.9 Å². The van der Waals surface area contributed by atoms with E-state index in [2.05, 4.69) is 5.32 Å². The normalized spacial score (nSPS) is 24.3. The van der Waals surface area contributed by atoms with Gasteiger partial charge in [0.1, 0.15) is 0 Å². The summed E-state index contributed by atoms with van der Waals surface area (Å²) in [5, 5.41) is 35.6. The molecule has 1 heterocycles. The minimum atomic E-state index is -1.06. The molecule has 5 atom stereocenters. The highest BCUT2D eigenvalue weighted by Crippen LogP contribution is 2.58. The molecule has 184 valence electrons. The Balaban J connectivity index is 1.60. The SMILES string of the molecule is O=C(O)c1ccc2c(c1)[C@H]1[C@@H](Cl)[C@@H](Sc3ccccc3[N+](=O)[O-])C[C@@H]1[C@@H](c1ccccc1[N+](=O)[O-])N2. The minimum absolute atomic E-state index is 0.0109. The maximum absolute atomic E-state index is 11.8. The molecule has 0 unspecified atom stereocenters. The van der Waals surface area contributed by atoms with E-state index in [9.17, 15) is 30.1 Å². The van der Waals surface area contributed by atoms with E-state index < -0.39 is 27.2 Å². The maximum Gasteiger partial charge on any atom is 0.335 e. The molecule has 36 heavy (non-hydrogen) atoms. The van der Waals surface area contributed by atoms with Crippen molar-refractivity contribution in [3.63, 3.8) is 0 Å². The first-order valence-electron chi connectivity index (χ1n) is 11.2. The Morgan fingerprint density at radius 1 is 0.972 bits per heavy atom. The quantitative estimate of drug-likeness (QED) is 0.219. The summed E-state index contributed by atoms with van der Waals surface area (Å²) in [4.78, 5) is 34.7. The van der Waals surface area contributed by atoms with Crippen molar-refractivity contribution in [1.82, 2.24) is 0 Å². The Labute approximate surface area is 214 Å². The molecular formula is C25H20ClN3O6S. The zero-order chi connectivity index (χ0) is 25.6. The van der Waals surface area contributed by atoms with Crippen LogP contribution >= 0.6 is 23.4 Å². The van der Waals surface area contributed by atoms with Crippen LogP contribution in [0.2, 0.25) is 0 Å². The zero-order valence-corrected chi connectivity index (χ0v) is 20.2. The van der Waals surface area contributed by atoms with Gasteiger partial charge in [-0.05, 0) is 42.2 Å². The Morgan fingerprint density at radius 2 is 1.64 bits per heavy atom. The van der Waals surface area contributed by atoms with Crippen LogP contribution in [0.3, 0.4) is 0 Å². The Kier molecular flexibility index (Phi) is 6.31. The molecule has 1 aliphatic carbocycles. The van der Waals surface area contributed by atoms with Crippen LogP contribution in [0, 0.1) is 26.1 Å². The van der Waals surface area contributed by atoms with Gasteiger partial charge < -0.3 is 10.4 Å². The molecule has 5 rings (SSSR count). The van der Waals surface area contributed by atoms with E-state index in [1.807, 2.05) is 0 Å². The number of benzene rings is 3. The number of nitrogens with zero attached hydrogens (tertiary/aromatic N) is 2. The molecule has 2 aliphatic rings. The molecular weight excluding hydrogens is 506 g/mol. The topological polar surface area (TPSA) is 136 Å². The van der Waals surface area contributed by atoms with Crippen LogP contribution in [0.5, 0.6) is 0 Å². The summed E-state index contributed by atoms with van der Waals surface area (Å²) in [7, 11) is 0. The predicted octanol–water partition coefficient (Wildman–Crippen LogP) is 6.24. The highest BCUT2D eigenvalue weighted by atomic mass is 35.5. The van der Waals surface area contributed by atoms with E-state index in [4.69, 9.17) is 11.6 Å². The number of thioether (sulfide) groups is 1. The van der Waals surface area contributed by atoms with Gasteiger partial charge in [0, 0.05) is 29.0 Å². The molecule has 0 spiro atoms. The summed E-state index contributed by atoms with van der Waals surface area (Å²) in [6.45, 7) is 0. The molecule has 9 nitrogen and oxygen atoms in total. The zero-order valence-electron chi connectivity index (χ0n) is 18.6. The Morgan fingerprint density at radius 3 is 2.33 bits per heavy atom. The maximum atomic E-state index is 11.8. The monoisotopic (exact) mass is 525 g/mol. The van der Waals surface area contributed by atoms with Crippen molar-refractivity contribution in [2.45, 2.75) is 33.9 Å². The van der Waals surface area contributed by atoms with Crippen LogP contribution in [0.4, 0.5) is 17.1 Å². The number of hydrogen-bond acceptors (Lipinski definition) is 7.